The van der Waals surface area contributed by atoms with Crippen molar-refractivity contribution in [3.05, 3.63) is 36.9 Å². The minimum atomic E-state index is -1.01. The van der Waals surface area contributed by atoms with Crippen molar-refractivity contribution in [2.24, 2.45) is 17.8 Å². The van der Waals surface area contributed by atoms with Crippen LogP contribution < -0.4 is 30.4 Å². The maximum absolute atomic E-state index is 12.0. The molecule has 0 bridgehead atoms. The highest BCUT2D eigenvalue weighted by atomic mass is 16.6. The number of methoxy groups -OCH3 is 1. The van der Waals surface area contributed by atoms with Crippen molar-refractivity contribution in [2.45, 2.75) is 44.6 Å². The zero-order valence-corrected chi connectivity index (χ0v) is 28.1. The Morgan fingerprint density at radius 3 is 2.67 bits per heavy atom. The number of fused-ring (bicyclic) bond motifs is 2. The third-order valence-electron chi connectivity index (χ3n) is 8.24. The molecule has 1 amide bonds. The Balaban J connectivity index is 0.989. The number of rotatable bonds is 21. The zero-order valence-electron chi connectivity index (χ0n) is 28.1. The normalized spacial score (nSPS) is 18.3. The number of carbonyl (C=O) groups is 3. The molecule has 1 unspecified atom stereocenters. The molecule has 17 nitrogen and oxygen atoms in total. The maximum Gasteiger partial charge on any atom is 0.407 e. The molecule has 2 aliphatic rings. The van der Waals surface area contributed by atoms with E-state index in [0.717, 1.165) is 31.2 Å². The van der Waals surface area contributed by atoms with Gasteiger partial charge in [-0.25, -0.2) is 4.79 Å². The fourth-order valence-corrected chi connectivity index (χ4v) is 5.60. The largest absolute Gasteiger partial charge is 0.497 e. The molecule has 1 saturated carbocycles. The number of carboxylic acid groups (broad SMARTS) is 1. The van der Waals surface area contributed by atoms with Crippen molar-refractivity contribution in [1.82, 2.24) is 30.7 Å². The summed E-state index contributed by atoms with van der Waals surface area (Å²) in [5.41, 5.74) is 3.30. The number of aromatic nitrogens is 4. The number of benzene rings is 1. The average Bonchev–Trinajstić information content (AvgIpc) is 3.59. The summed E-state index contributed by atoms with van der Waals surface area (Å²) in [5, 5.41) is 15.1. The van der Waals surface area contributed by atoms with E-state index in [0.29, 0.717) is 67.3 Å². The van der Waals surface area contributed by atoms with Crippen molar-refractivity contribution in [3.8, 4) is 35.4 Å². The predicted molar refractivity (Wildman–Crippen MR) is 181 cm³/mol. The van der Waals surface area contributed by atoms with Gasteiger partial charge in [0.15, 0.2) is 5.75 Å². The highest BCUT2D eigenvalue weighted by molar-refractivity contribution is 5.87. The monoisotopic (exact) mass is 707 g/mol. The second-order valence-electron chi connectivity index (χ2n) is 11.7. The standard InChI is InChI=1S/C34H41N7O10/c1-46-32-38-31(35-12-14-47-16-17-48-15-13-36-34(45)49-21-27-24-6-4-2-3-5-7-25(24)27)39-33(40-32)50-23-9-10-28-26(18-23)29(19-37-28)51-41-22(20-42)8-11-30(43)44/h9-10,12,14,18-20,22,24-25,27,37,41H,4-8,11,13,15-17,21H2,1H3,(H,36,45)(H,43,44)(H,35,38,39,40)/b14-12-/t22-,24-,25+,27?/m0/s1. The van der Waals surface area contributed by atoms with E-state index in [9.17, 15) is 14.4 Å². The second kappa shape index (κ2) is 19.0. The fraction of sp³-hybridized carbons (Fsp3) is 0.471. The number of aldehydes is 1. The van der Waals surface area contributed by atoms with Crippen molar-refractivity contribution < 1.29 is 48.0 Å². The molecule has 3 aromatic rings. The summed E-state index contributed by atoms with van der Waals surface area (Å²) in [6.45, 7) is 1.68. The number of nitrogens with one attached hydrogen (secondary N) is 4. The smallest absolute Gasteiger partial charge is 0.407 e. The minimum Gasteiger partial charge on any atom is -0.497 e. The summed E-state index contributed by atoms with van der Waals surface area (Å²) in [5.74, 6) is 7.94. The first-order valence-electron chi connectivity index (χ1n) is 16.6. The van der Waals surface area contributed by atoms with Crippen LogP contribution in [0.3, 0.4) is 0 Å². The van der Waals surface area contributed by atoms with Crippen LogP contribution in [0.2, 0.25) is 0 Å². The third kappa shape index (κ3) is 11.5. The first kappa shape index (κ1) is 36.7. The Bertz CT molecular complexity index is 1700. The van der Waals surface area contributed by atoms with Gasteiger partial charge < -0.3 is 54.0 Å². The Labute approximate surface area is 293 Å². The van der Waals surface area contributed by atoms with Crippen LogP contribution in [0.25, 0.3) is 10.9 Å². The minimum absolute atomic E-state index is 0.00591. The predicted octanol–water partition coefficient (Wildman–Crippen LogP) is 3.55. The van der Waals surface area contributed by atoms with Gasteiger partial charge in [-0.2, -0.15) is 9.97 Å². The van der Waals surface area contributed by atoms with Crippen LogP contribution >= 0.6 is 0 Å². The van der Waals surface area contributed by atoms with E-state index in [1.807, 2.05) is 0 Å². The van der Waals surface area contributed by atoms with E-state index >= 15 is 0 Å². The van der Waals surface area contributed by atoms with Crippen molar-refractivity contribution in [2.75, 3.05) is 45.4 Å². The lowest BCUT2D eigenvalue weighted by molar-refractivity contribution is -0.137. The molecule has 1 fully saturated rings. The summed E-state index contributed by atoms with van der Waals surface area (Å²) in [6.07, 6.45) is 8.57. The molecule has 0 radical (unpaired) electrons. The lowest BCUT2D eigenvalue weighted by atomic mass is 10.1. The molecule has 272 valence electrons. The first-order valence-corrected chi connectivity index (χ1v) is 16.6. The highest BCUT2D eigenvalue weighted by Gasteiger charge is 2.49. The number of anilines is 1. The molecule has 2 aromatic heterocycles. The molecule has 5 N–H and O–H groups in total. The summed E-state index contributed by atoms with van der Waals surface area (Å²) in [6, 6.07) is 4.27. The molecule has 0 aliphatic heterocycles. The van der Waals surface area contributed by atoms with Crippen LogP contribution in [0.5, 0.6) is 23.5 Å². The number of carboxylic acids is 1. The first-order chi connectivity index (χ1) is 24.9. The number of ether oxygens (including phenoxy) is 5. The molecule has 51 heavy (non-hydrogen) atoms. The Morgan fingerprint density at radius 1 is 1.10 bits per heavy atom. The lowest BCUT2D eigenvalue weighted by Gasteiger charge is -2.12. The third-order valence-corrected chi connectivity index (χ3v) is 8.24. The SMILES string of the molecule is COc1nc(N/C=C\OCCOCCNC(=O)OCC2[C@H]3CCC#CCC[C@@H]23)nc(Oc2ccc3[nH]cc(ON[C@H](C=O)CCC(=O)O)c3c2)n1. The second-order valence-corrected chi connectivity index (χ2v) is 11.7. The highest BCUT2D eigenvalue weighted by Crippen LogP contribution is 2.52. The number of aromatic amines is 1. The van der Waals surface area contributed by atoms with Crippen LogP contribution in [-0.2, 0) is 23.8 Å². The molecule has 4 atom stereocenters. The van der Waals surface area contributed by atoms with E-state index in [4.69, 9.17) is 33.6 Å². The van der Waals surface area contributed by atoms with Crippen LogP contribution in [-0.4, -0.2) is 89.5 Å². The van der Waals surface area contributed by atoms with Crippen molar-refractivity contribution >= 4 is 35.2 Å². The van der Waals surface area contributed by atoms with Gasteiger partial charge in [0.1, 0.15) is 18.6 Å². The van der Waals surface area contributed by atoms with E-state index < -0.39 is 18.1 Å². The topological polar surface area (TPSA) is 217 Å². The quantitative estimate of drug-likeness (QED) is 0.0352. The van der Waals surface area contributed by atoms with Gasteiger partial charge in [0.05, 0.1) is 39.2 Å². The number of hydrogen-bond donors (Lipinski definition) is 5. The van der Waals surface area contributed by atoms with Crippen LogP contribution in [0.15, 0.2) is 36.9 Å². The van der Waals surface area contributed by atoms with Gasteiger partial charge >= 0.3 is 24.1 Å². The number of hydrogen-bond acceptors (Lipinski definition) is 14. The molecule has 0 saturated heterocycles. The molecule has 2 aliphatic carbocycles. The Kier molecular flexibility index (Phi) is 13.6. The fourth-order valence-electron chi connectivity index (χ4n) is 5.60. The Morgan fingerprint density at radius 2 is 1.90 bits per heavy atom. The van der Waals surface area contributed by atoms with Crippen LogP contribution in [0, 0.1) is 29.6 Å². The number of H-pyrrole nitrogens is 1. The van der Waals surface area contributed by atoms with Crippen LogP contribution in [0.1, 0.15) is 38.5 Å². The van der Waals surface area contributed by atoms with Gasteiger partial charge in [0.25, 0.3) is 0 Å². The van der Waals surface area contributed by atoms with E-state index in [1.54, 1.807) is 24.4 Å². The van der Waals surface area contributed by atoms with Crippen molar-refractivity contribution in [3.63, 3.8) is 0 Å². The molecule has 1 aromatic carbocycles. The number of amides is 1. The van der Waals surface area contributed by atoms with Gasteiger partial charge in [0, 0.05) is 49.1 Å². The Hall–Kier alpha value is -5.60. The maximum atomic E-state index is 12.0. The molecule has 5 rings (SSSR count). The van der Waals surface area contributed by atoms with E-state index in [1.165, 1.54) is 19.6 Å². The number of nitrogens with zero attached hydrogens (tertiary/aromatic N) is 3. The lowest BCUT2D eigenvalue weighted by Crippen LogP contribution is -2.33. The summed E-state index contributed by atoms with van der Waals surface area (Å²) in [4.78, 5) is 55.3. The molecule has 0 spiro atoms. The molecular formula is C34H41N7O10. The number of aliphatic carboxylic acids is 1. The zero-order chi connectivity index (χ0) is 35.8. The molecular weight excluding hydrogens is 666 g/mol. The summed E-state index contributed by atoms with van der Waals surface area (Å²) in [7, 11) is 1.41. The van der Waals surface area contributed by atoms with Crippen molar-refractivity contribution in [1.29, 1.82) is 0 Å². The van der Waals surface area contributed by atoms with Gasteiger partial charge in [-0.1, -0.05) is 0 Å². The van der Waals surface area contributed by atoms with Crippen LogP contribution in [0.4, 0.5) is 10.7 Å². The van der Waals surface area contributed by atoms with Gasteiger partial charge in [0.2, 0.25) is 5.95 Å². The van der Waals surface area contributed by atoms with E-state index in [2.05, 4.69) is 47.9 Å². The number of hydroxylamine groups is 1. The molecule has 2 heterocycles. The average molecular weight is 708 g/mol. The van der Waals surface area contributed by atoms with Gasteiger partial charge in [-0.05, 0) is 55.2 Å². The van der Waals surface area contributed by atoms with Gasteiger partial charge in [-0.15, -0.1) is 22.3 Å². The number of carbonyl (C=O) groups excluding carboxylic acids is 2. The number of alkyl carbamates (subject to hydrolysis) is 1. The molecule has 17 heteroatoms. The van der Waals surface area contributed by atoms with E-state index in [-0.39, 0.29) is 37.4 Å². The summed E-state index contributed by atoms with van der Waals surface area (Å²) >= 11 is 0. The summed E-state index contributed by atoms with van der Waals surface area (Å²) < 4.78 is 27.4. The van der Waals surface area contributed by atoms with Gasteiger partial charge in [-0.3, -0.25) is 4.79 Å².